The van der Waals surface area contributed by atoms with Gasteiger partial charge in [0, 0.05) is 53.2 Å². The molecule has 8 aromatic rings. The van der Waals surface area contributed by atoms with E-state index in [0.717, 1.165) is 57.6 Å². The van der Waals surface area contributed by atoms with Crippen molar-refractivity contribution in [3.8, 4) is 22.9 Å². The Kier molecular flexibility index (Phi) is 11.7. The van der Waals surface area contributed by atoms with Crippen molar-refractivity contribution in [3.05, 3.63) is 161 Å². The molecule has 0 atom stereocenters. The van der Waals surface area contributed by atoms with Crippen LogP contribution in [0.1, 0.15) is 22.5 Å². The number of benzene rings is 4. The molecule has 0 aliphatic carbocycles. The van der Waals surface area contributed by atoms with Crippen molar-refractivity contribution < 1.29 is 22.6 Å². The molecule has 13 nitrogen and oxygen atoms in total. The summed E-state index contributed by atoms with van der Waals surface area (Å²) < 4.78 is 57.9. The fraction of sp³-hybridized carbons (Fsp3) is 0.146. The van der Waals surface area contributed by atoms with Gasteiger partial charge in [0.05, 0.1) is 62.7 Å². The molecule has 0 spiro atoms. The van der Waals surface area contributed by atoms with Gasteiger partial charge in [-0.2, -0.15) is 5.10 Å². The van der Waals surface area contributed by atoms with Crippen molar-refractivity contribution in [2.75, 3.05) is 24.9 Å². The molecule has 4 heterocycles. The highest BCUT2D eigenvalue weighted by molar-refractivity contribution is 6.30. The summed E-state index contributed by atoms with van der Waals surface area (Å²) in [5, 5.41) is 15.9. The molecule has 4 aromatic carbocycles. The van der Waals surface area contributed by atoms with E-state index < -0.39 is 17.5 Å². The average Bonchev–Trinajstić information content (AvgIpc) is 4.04. The van der Waals surface area contributed by atoms with E-state index in [1.807, 2.05) is 96.0 Å². The van der Waals surface area contributed by atoms with Gasteiger partial charge in [0.15, 0.2) is 23.3 Å². The lowest BCUT2D eigenvalue weighted by molar-refractivity contribution is 0.413. The molecule has 0 bridgehead atoms. The third kappa shape index (κ3) is 9.47. The van der Waals surface area contributed by atoms with Gasteiger partial charge in [0.2, 0.25) is 5.95 Å². The smallest absolute Gasteiger partial charge is 0.246 e. The maximum absolute atomic E-state index is 13.4. The zero-order chi connectivity index (χ0) is 40.8. The Balaban J connectivity index is 0.000000177. The monoisotopic (exact) mass is 807 g/mol. The minimum Gasteiger partial charge on any atom is -0.494 e. The minimum atomic E-state index is -1.48. The van der Waals surface area contributed by atoms with Crippen LogP contribution in [0.2, 0.25) is 5.02 Å². The zero-order valence-corrected chi connectivity index (χ0v) is 32.5. The van der Waals surface area contributed by atoms with Crippen LogP contribution in [0, 0.1) is 31.3 Å². The van der Waals surface area contributed by atoms with Gasteiger partial charge in [-0.1, -0.05) is 23.7 Å². The molecule has 0 radical (unpaired) electrons. The summed E-state index contributed by atoms with van der Waals surface area (Å²) in [4.78, 5) is 12.8. The number of aromatic nitrogens is 9. The third-order valence-electron chi connectivity index (χ3n) is 8.67. The molecule has 0 amide bonds. The predicted octanol–water partition coefficient (Wildman–Crippen LogP) is 8.82. The number of anilines is 4. The Bertz CT molecular complexity index is 2650. The number of nitrogens with zero attached hydrogens (tertiary/aromatic N) is 9. The van der Waals surface area contributed by atoms with Crippen LogP contribution >= 0.6 is 11.6 Å². The van der Waals surface area contributed by atoms with Crippen LogP contribution in [0.25, 0.3) is 11.4 Å². The zero-order valence-electron chi connectivity index (χ0n) is 31.7. The van der Waals surface area contributed by atoms with Crippen LogP contribution < -0.4 is 20.1 Å². The largest absolute Gasteiger partial charge is 0.494 e. The van der Waals surface area contributed by atoms with Crippen molar-refractivity contribution in [2.24, 2.45) is 0 Å². The first-order valence-electron chi connectivity index (χ1n) is 17.8. The number of rotatable bonds is 12. The van der Waals surface area contributed by atoms with Gasteiger partial charge in [-0.25, -0.2) is 32.8 Å². The lowest BCUT2D eigenvalue weighted by Crippen LogP contribution is -2.04. The number of hydrogen-bond donors (Lipinski definition) is 2. The number of aryl methyl sites for hydroxylation is 2. The SMILES string of the molecule is COc1cc(Nc2ccn(Cc3cc(F)c(F)c(F)c3)n2)ccc1-n1cnc(C)c1.COc1cc(Nc2ncn(Cc3cccc(Cl)c3)n2)ccc1-n1cnc(C)c1. The van der Waals surface area contributed by atoms with E-state index in [9.17, 15) is 13.2 Å². The van der Waals surface area contributed by atoms with E-state index in [1.165, 1.54) is 4.68 Å². The molecular weight excluding hydrogens is 771 g/mol. The van der Waals surface area contributed by atoms with Crippen LogP contribution in [0.3, 0.4) is 0 Å². The van der Waals surface area contributed by atoms with Crippen LogP contribution in [-0.2, 0) is 13.1 Å². The molecular formula is C41H37ClF3N11O2. The maximum atomic E-state index is 13.4. The van der Waals surface area contributed by atoms with Crippen molar-refractivity contribution >= 4 is 34.7 Å². The molecule has 0 aliphatic heterocycles. The lowest BCUT2D eigenvalue weighted by atomic mass is 10.2. The van der Waals surface area contributed by atoms with Crippen LogP contribution in [0.5, 0.6) is 11.5 Å². The van der Waals surface area contributed by atoms with Gasteiger partial charge in [-0.05, 0) is 73.5 Å². The van der Waals surface area contributed by atoms with Gasteiger partial charge in [0.25, 0.3) is 0 Å². The molecule has 296 valence electrons. The van der Waals surface area contributed by atoms with Crippen LogP contribution in [0.15, 0.2) is 116 Å². The van der Waals surface area contributed by atoms with Crippen molar-refractivity contribution in [2.45, 2.75) is 26.9 Å². The molecule has 4 aromatic heterocycles. The first-order valence-corrected chi connectivity index (χ1v) is 18.1. The minimum absolute atomic E-state index is 0.0953. The van der Waals surface area contributed by atoms with E-state index in [0.29, 0.717) is 29.1 Å². The lowest BCUT2D eigenvalue weighted by Gasteiger charge is -2.11. The van der Waals surface area contributed by atoms with Crippen molar-refractivity contribution in [3.63, 3.8) is 0 Å². The second kappa shape index (κ2) is 17.4. The molecule has 8 rings (SSSR count). The molecule has 0 unspecified atom stereocenters. The topological polar surface area (TPSA) is 127 Å². The number of halogens is 4. The number of methoxy groups -OCH3 is 2. The van der Waals surface area contributed by atoms with Gasteiger partial charge >= 0.3 is 0 Å². The number of imidazole rings is 2. The summed E-state index contributed by atoms with van der Waals surface area (Å²) in [7, 11) is 3.23. The Morgan fingerprint density at radius 2 is 1.24 bits per heavy atom. The van der Waals surface area contributed by atoms with Crippen LogP contribution in [-0.4, -0.2) is 57.9 Å². The molecule has 0 fully saturated rings. The molecule has 0 saturated heterocycles. The fourth-order valence-electron chi connectivity index (χ4n) is 5.97. The Morgan fingerprint density at radius 1 is 0.638 bits per heavy atom. The maximum Gasteiger partial charge on any atom is 0.246 e. The normalized spacial score (nSPS) is 10.9. The summed E-state index contributed by atoms with van der Waals surface area (Å²) in [5.41, 5.74) is 6.50. The summed E-state index contributed by atoms with van der Waals surface area (Å²) in [6, 6.07) is 22.7. The standard InChI is InChI=1S/C21H18F3N5O.C20H19ClN6O/c1-13-10-28(12-25-13)18-4-3-15(9-19(18)30-2)26-20-5-6-29(27-20)11-14-7-16(22)21(24)17(23)8-14;1-14-10-26(12-22-14)18-7-6-17(9-19(18)28-2)24-20-23-13-27(25-20)11-15-4-3-5-16(21)8-15/h3-10,12H,11H2,1-2H3,(H,26,27);3-10,12-13H,11H2,1-2H3,(H,24,25). The molecule has 58 heavy (non-hydrogen) atoms. The van der Waals surface area contributed by atoms with Crippen molar-refractivity contribution in [1.29, 1.82) is 0 Å². The van der Waals surface area contributed by atoms with Gasteiger partial charge in [-0.3, -0.25) is 4.68 Å². The third-order valence-corrected chi connectivity index (χ3v) is 8.90. The number of ether oxygens (including phenoxy) is 2. The second-order valence-electron chi connectivity index (χ2n) is 13.0. The number of nitrogens with one attached hydrogen (secondary N) is 2. The Morgan fingerprint density at radius 3 is 1.81 bits per heavy atom. The summed E-state index contributed by atoms with van der Waals surface area (Å²) in [6.45, 7) is 4.55. The van der Waals surface area contributed by atoms with E-state index in [2.05, 4.69) is 35.8 Å². The average molecular weight is 808 g/mol. The molecule has 0 aliphatic rings. The molecule has 17 heteroatoms. The quantitative estimate of drug-likeness (QED) is 0.117. The van der Waals surface area contributed by atoms with Gasteiger partial charge in [-0.15, -0.1) is 5.10 Å². The highest BCUT2D eigenvalue weighted by atomic mass is 35.5. The van der Waals surface area contributed by atoms with E-state index in [4.69, 9.17) is 21.1 Å². The van der Waals surface area contributed by atoms with Crippen molar-refractivity contribution in [1.82, 2.24) is 43.6 Å². The van der Waals surface area contributed by atoms with E-state index >= 15 is 0 Å². The second-order valence-corrected chi connectivity index (χ2v) is 13.5. The first kappa shape index (κ1) is 39.2. The fourth-order valence-corrected chi connectivity index (χ4v) is 6.19. The van der Waals surface area contributed by atoms with Crippen LogP contribution in [0.4, 0.5) is 36.3 Å². The Labute approximate surface area is 336 Å². The van der Waals surface area contributed by atoms with Gasteiger partial charge in [0.1, 0.15) is 17.8 Å². The summed E-state index contributed by atoms with van der Waals surface area (Å²) in [6.07, 6.45) is 10.7. The summed E-state index contributed by atoms with van der Waals surface area (Å²) in [5.74, 6) is -1.52. The Hall–Kier alpha value is -7.07. The van der Waals surface area contributed by atoms with E-state index in [1.54, 1.807) is 50.1 Å². The predicted molar refractivity (Wildman–Crippen MR) is 214 cm³/mol. The van der Waals surface area contributed by atoms with Gasteiger partial charge < -0.3 is 29.2 Å². The molecule has 2 N–H and O–H groups in total. The van der Waals surface area contributed by atoms with E-state index in [-0.39, 0.29) is 12.1 Å². The highest BCUT2D eigenvalue weighted by Gasteiger charge is 2.13. The molecule has 0 saturated carbocycles. The number of hydrogen-bond acceptors (Lipinski definition) is 9. The summed E-state index contributed by atoms with van der Waals surface area (Å²) >= 11 is 6.04. The highest BCUT2D eigenvalue weighted by Crippen LogP contribution is 2.30. The first-order chi connectivity index (χ1) is 28.0.